The summed E-state index contributed by atoms with van der Waals surface area (Å²) in [5.74, 6) is -1.47. The minimum Gasteiger partial charge on any atom is -0.361 e. The molecular formula is C33H33N7O4. The SMILES string of the molecule is CN(C)CCCNC(=O)c1cc(NC(=O)Cn2cc(C3=C(c4c[nH]c5ccccc45)C(=O)NC3=O)c3ccccc32)cn1C. The Hall–Kier alpha value is -5.42. The van der Waals surface area contributed by atoms with E-state index in [4.69, 9.17) is 0 Å². The van der Waals surface area contributed by atoms with Gasteiger partial charge in [0.15, 0.2) is 0 Å². The Morgan fingerprint density at radius 1 is 0.909 bits per heavy atom. The van der Waals surface area contributed by atoms with Gasteiger partial charge in [0.2, 0.25) is 5.91 Å². The third kappa shape index (κ3) is 5.40. The van der Waals surface area contributed by atoms with Crippen molar-refractivity contribution in [3.8, 4) is 0 Å². The molecule has 0 unspecified atom stereocenters. The van der Waals surface area contributed by atoms with Gasteiger partial charge in [0.05, 0.1) is 16.8 Å². The zero-order chi connectivity index (χ0) is 31.0. The van der Waals surface area contributed by atoms with E-state index in [1.807, 2.05) is 62.6 Å². The zero-order valence-corrected chi connectivity index (χ0v) is 24.7. The number of rotatable bonds is 10. The van der Waals surface area contributed by atoms with E-state index in [0.29, 0.717) is 29.1 Å². The minimum absolute atomic E-state index is 0.0489. The molecule has 1 aliphatic rings. The number of para-hydroxylation sites is 2. The molecule has 0 bridgehead atoms. The zero-order valence-electron chi connectivity index (χ0n) is 24.7. The van der Waals surface area contributed by atoms with Crippen LogP contribution in [-0.4, -0.2) is 69.8 Å². The maximum absolute atomic E-state index is 13.2. The van der Waals surface area contributed by atoms with E-state index in [-0.39, 0.29) is 29.5 Å². The van der Waals surface area contributed by atoms with Gasteiger partial charge in [-0.15, -0.1) is 0 Å². The van der Waals surface area contributed by atoms with Crippen LogP contribution in [0.1, 0.15) is 28.0 Å². The molecule has 2 aromatic carbocycles. The van der Waals surface area contributed by atoms with E-state index >= 15 is 0 Å². The Labute approximate surface area is 253 Å². The maximum Gasteiger partial charge on any atom is 0.267 e. The lowest BCUT2D eigenvalue weighted by Gasteiger charge is -2.10. The second kappa shape index (κ2) is 11.7. The van der Waals surface area contributed by atoms with Gasteiger partial charge in [0.25, 0.3) is 17.7 Å². The second-order valence-electron chi connectivity index (χ2n) is 11.2. The Balaban J connectivity index is 1.27. The maximum atomic E-state index is 13.2. The molecule has 0 radical (unpaired) electrons. The number of carbonyl (C=O) groups excluding carboxylic acids is 4. The number of benzene rings is 2. The van der Waals surface area contributed by atoms with Crippen molar-refractivity contribution >= 4 is 62.3 Å². The van der Waals surface area contributed by atoms with Crippen LogP contribution in [0.2, 0.25) is 0 Å². The average Bonchev–Trinajstić information content (AvgIpc) is 3.74. The molecule has 4 amide bonds. The summed E-state index contributed by atoms with van der Waals surface area (Å²) in [5, 5.41) is 9.83. The number of fused-ring (bicyclic) bond motifs is 2. The average molecular weight is 592 g/mol. The molecule has 0 saturated heterocycles. The lowest BCUT2D eigenvalue weighted by molar-refractivity contribution is -0.123. The topological polar surface area (TPSA) is 133 Å². The van der Waals surface area contributed by atoms with Gasteiger partial charge < -0.3 is 29.7 Å². The van der Waals surface area contributed by atoms with E-state index in [1.54, 1.807) is 40.8 Å². The fourth-order valence-electron chi connectivity index (χ4n) is 5.73. The van der Waals surface area contributed by atoms with Crippen LogP contribution in [-0.2, 0) is 28.0 Å². The standard InChI is InChI=1S/C33H33N7O4/c1-38(2)14-8-13-34-31(42)27-15-20(17-39(27)3)36-28(41)19-40-18-24(22-10-5-7-12-26(22)40)30-29(32(43)37-33(30)44)23-16-35-25-11-6-4-9-21(23)25/h4-7,9-12,15-18,35H,8,13-14,19H2,1-3H3,(H,34,42)(H,36,41)(H,37,43,44). The van der Waals surface area contributed by atoms with Crippen LogP contribution in [0.15, 0.2) is 73.2 Å². The quantitative estimate of drug-likeness (QED) is 0.146. The molecule has 5 aromatic rings. The Morgan fingerprint density at radius 2 is 1.61 bits per heavy atom. The number of imide groups is 1. The molecule has 0 fully saturated rings. The highest BCUT2D eigenvalue weighted by Gasteiger charge is 2.35. The molecule has 11 nitrogen and oxygen atoms in total. The van der Waals surface area contributed by atoms with Crippen LogP contribution < -0.4 is 16.0 Å². The highest BCUT2D eigenvalue weighted by atomic mass is 16.2. The van der Waals surface area contributed by atoms with Crippen LogP contribution in [0.25, 0.3) is 33.0 Å². The van der Waals surface area contributed by atoms with Gasteiger partial charge >= 0.3 is 0 Å². The predicted molar refractivity (Wildman–Crippen MR) is 170 cm³/mol. The smallest absolute Gasteiger partial charge is 0.267 e. The van der Waals surface area contributed by atoms with Gasteiger partial charge in [-0.2, -0.15) is 0 Å². The number of nitrogens with one attached hydrogen (secondary N) is 4. The molecule has 0 spiro atoms. The Bertz CT molecular complexity index is 1970. The molecule has 6 rings (SSSR count). The van der Waals surface area contributed by atoms with Crippen molar-refractivity contribution < 1.29 is 19.2 Å². The molecule has 0 aliphatic carbocycles. The summed E-state index contributed by atoms with van der Waals surface area (Å²) in [7, 11) is 5.72. The summed E-state index contributed by atoms with van der Waals surface area (Å²) in [4.78, 5) is 57.5. The number of aryl methyl sites for hydroxylation is 1. The lowest BCUT2D eigenvalue weighted by atomic mass is 9.95. The number of hydrogen-bond acceptors (Lipinski definition) is 5. The third-order valence-corrected chi connectivity index (χ3v) is 7.75. The summed E-state index contributed by atoms with van der Waals surface area (Å²) in [6, 6.07) is 16.7. The molecule has 0 saturated carbocycles. The molecule has 4 N–H and O–H groups in total. The van der Waals surface area contributed by atoms with Gasteiger partial charge in [-0.3, -0.25) is 24.5 Å². The van der Waals surface area contributed by atoms with Crippen LogP contribution in [0.5, 0.6) is 0 Å². The monoisotopic (exact) mass is 591 g/mol. The normalized spacial score (nSPS) is 13.4. The van der Waals surface area contributed by atoms with E-state index in [9.17, 15) is 19.2 Å². The van der Waals surface area contributed by atoms with Crippen molar-refractivity contribution in [1.29, 1.82) is 0 Å². The van der Waals surface area contributed by atoms with Crippen molar-refractivity contribution in [1.82, 2.24) is 29.7 Å². The second-order valence-corrected chi connectivity index (χ2v) is 11.2. The largest absolute Gasteiger partial charge is 0.361 e. The number of aromatic amines is 1. The summed E-state index contributed by atoms with van der Waals surface area (Å²) in [6.07, 6.45) is 6.00. The van der Waals surface area contributed by atoms with Gasteiger partial charge in [0.1, 0.15) is 12.2 Å². The van der Waals surface area contributed by atoms with Crippen LogP contribution in [0, 0.1) is 0 Å². The van der Waals surface area contributed by atoms with Crippen LogP contribution >= 0.6 is 0 Å². The number of H-pyrrole nitrogens is 1. The number of carbonyl (C=O) groups is 4. The first-order chi connectivity index (χ1) is 21.2. The van der Waals surface area contributed by atoms with Crippen molar-refractivity contribution in [2.75, 3.05) is 32.5 Å². The summed E-state index contributed by atoms with van der Waals surface area (Å²) in [5.41, 5.74) is 4.27. The van der Waals surface area contributed by atoms with Crippen LogP contribution in [0.4, 0.5) is 5.69 Å². The van der Waals surface area contributed by atoms with Crippen molar-refractivity contribution in [3.05, 3.63) is 90.0 Å². The molecular weight excluding hydrogens is 558 g/mol. The van der Waals surface area contributed by atoms with Crippen molar-refractivity contribution in [2.24, 2.45) is 7.05 Å². The van der Waals surface area contributed by atoms with E-state index in [0.717, 1.165) is 34.8 Å². The van der Waals surface area contributed by atoms with Crippen LogP contribution in [0.3, 0.4) is 0 Å². The predicted octanol–water partition coefficient (Wildman–Crippen LogP) is 3.35. The Kier molecular flexibility index (Phi) is 7.62. The number of hydrogen-bond donors (Lipinski definition) is 4. The molecule has 11 heteroatoms. The molecule has 3 aromatic heterocycles. The number of amides is 4. The van der Waals surface area contributed by atoms with Crippen molar-refractivity contribution in [2.45, 2.75) is 13.0 Å². The number of nitrogens with zero attached hydrogens (tertiary/aromatic N) is 3. The van der Waals surface area contributed by atoms with E-state index < -0.39 is 11.8 Å². The molecule has 224 valence electrons. The highest BCUT2D eigenvalue weighted by molar-refractivity contribution is 6.50. The van der Waals surface area contributed by atoms with E-state index in [2.05, 4.69) is 25.8 Å². The Morgan fingerprint density at radius 3 is 2.39 bits per heavy atom. The fourth-order valence-corrected chi connectivity index (χ4v) is 5.73. The molecule has 44 heavy (non-hydrogen) atoms. The lowest BCUT2D eigenvalue weighted by Crippen LogP contribution is -2.28. The van der Waals surface area contributed by atoms with Gasteiger partial charge in [-0.05, 0) is 45.3 Å². The molecule has 1 aliphatic heterocycles. The van der Waals surface area contributed by atoms with Gasteiger partial charge in [-0.25, -0.2) is 0 Å². The highest BCUT2D eigenvalue weighted by Crippen LogP contribution is 2.38. The summed E-state index contributed by atoms with van der Waals surface area (Å²) >= 11 is 0. The number of anilines is 1. The molecule has 0 atom stereocenters. The van der Waals surface area contributed by atoms with Gasteiger partial charge in [-0.1, -0.05) is 36.4 Å². The fraction of sp³-hybridized carbons (Fsp3) is 0.212. The minimum atomic E-state index is -0.487. The van der Waals surface area contributed by atoms with Gasteiger partial charge in [0, 0.05) is 65.1 Å². The summed E-state index contributed by atoms with van der Waals surface area (Å²) in [6.45, 7) is 1.37. The van der Waals surface area contributed by atoms with E-state index in [1.165, 1.54) is 0 Å². The third-order valence-electron chi connectivity index (χ3n) is 7.75. The first-order valence-electron chi connectivity index (χ1n) is 14.3. The first-order valence-corrected chi connectivity index (χ1v) is 14.3. The molecule has 4 heterocycles. The summed E-state index contributed by atoms with van der Waals surface area (Å²) < 4.78 is 3.44. The number of aromatic nitrogens is 3. The van der Waals surface area contributed by atoms with Crippen molar-refractivity contribution in [3.63, 3.8) is 0 Å². The first kappa shape index (κ1) is 28.7.